The normalized spacial score (nSPS) is 12.0. The molecule has 5 heteroatoms. The van der Waals surface area contributed by atoms with Gasteiger partial charge < -0.3 is 4.57 Å². The van der Waals surface area contributed by atoms with Crippen molar-refractivity contribution in [3.63, 3.8) is 0 Å². The maximum atomic E-state index is 11.5. The fourth-order valence-corrected chi connectivity index (χ4v) is 3.05. The van der Waals surface area contributed by atoms with Gasteiger partial charge in [0.25, 0.3) is 0 Å². The molecule has 0 aliphatic rings. The SMILES string of the molecule is Cc1ccc2c(c1)nc(-c1ccc(S(C)(=O)=O)cc1)n2C. The molecule has 21 heavy (non-hydrogen) atoms. The summed E-state index contributed by atoms with van der Waals surface area (Å²) in [4.78, 5) is 4.97. The molecule has 0 aliphatic heterocycles. The van der Waals surface area contributed by atoms with Gasteiger partial charge in [-0.1, -0.05) is 6.07 Å². The van der Waals surface area contributed by atoms with Crippen LogP contribution >= 0.6 is 0 Å². The summed E-state index contributed by atoms with van der Waals surface area (Å²) in [5.74, 6) is 0.829. The Morgan fingerprint density at radius 2 is 1.71 bits per heavy atom. The number of aryl methyl sites for hydroxylation is 2. The van der Waals surface area contributed by atoms with Gasteiger partial charge in [-0.3, -0.25) is 0 Å². The highest BCUT2D eigenvalue weighted by atomic mass is 32.2. The molecule has 1 aromatic heterocycles. The molecular formula is C16H16N2O2S. The van der Waals surface area contributed by atoms with E-state index in [0.29, 0.717) is 4.90 Å². The lowest BCUT2D eigenvalue weighted by molar-refractivity contribution is 0.602. The third-order valence-corrected chi connectivity index (χ3v) is 4.71. The Morgan fingerprint density at radius 3 is 2.33 bits per heavy atom. The number of hydrogen-bond donors (Lipinski definition) is 0. The zero-order chi connectivity index (χ0) is 15.2. The van der Waals surface area contributed by atoms with Crippen LogP contribution in [0.2, 0.25) is 0 Å². The average molecular weight is 300 g/mol. The third-order valence-electron chi connectivity index (χ3n) is 3.58. The van der Waals surface area contributed by atoms with Crippen LogP contribution in [0.4, 0.5) is 0 Å². The molecule has 3 aromatic rings. The smallest absolute Gasteiger partial charge is 0.175 e. The number of sulfone groups is 1. The summed E-state index contributed by atoms with van der Waals surface area (Å²) in [6.45, 7) is 2.04. The molecule has 0 N–H and O–H groups in total. The number of aromatic nitrogens is 2. The van der Waals surface area contributed by atoms with Gasteiger partial charge in [0.1, 0.15) is 5.82 Å². The van der Waals surface area contributed by atoms with E-state index in [-0.39, 0.29) is 0 Å². The zero-order valence-corrected chi connectivity index (χ0v) is 13.0. The Hall–Kier alpha value is -2.14. The van der Waals surface area contributed by atoms with E-state index >= 15 is 0 Å². The van der Waals surface area contributed by atoms with Crippen LogP contribution < -0.4 is 0 Å². The number of fused-ring (bicyclic) bond motifs is 1. The minimum absolute atomic E-state index is 0.320. The molecule has 0 radical (unpaired) electrons. The zero-order valence-electron chi connectivity index (χ0n) is 12.2. The maximum Gasteiger partial charge on any atom is 0.175 e. The Labute approximate surface area is 124 Å². The summed E-state index contributed by atoms with van der Waals surface area (Å²) >= 11 is 0. The van der Waals surface area contributed by atoms with Gasteiger partial charge in [-0.15, -0.1) is 0 Å². The molecule has 0 atom stereocenters. The Morgan fingerprint density at radius 1 is 1.05 bits per heavy atom. The molecule has 3 rings (SSSR count). The predicted molar refractivity (Wildman–Crippen MR) is 84.0 cm³/mol. The minimum atomic E-state index is -3.17. The summed E-state index contributed by atoms with van der Waals surface area (Å²) < 4.78 is 25.0. The van der Waals surface area contributed by atoms with E-state index in [1.54, 1.807) is 24.3 Å². The minimum Gasteiger partial charge on any atom is -0.327 e. The summed E-state index contributed by atoms with van der Waals surface area (Å²) in [5, 5.41) is 0. The van der Waals surface area contributed by atoms with Crippen LogP contribution in [-0.2, 0) is 16.9 Å². The molecule has 1 heterocycles. The van der Waals surface area contributed by atoms with Crippen molar-refractivity contribution in [1.82, 2.24) is 9.55 Å². The molecule has 0 aliphatic carbocycles. The summed E-state index contributed by atoms with van der Waals surface area (Å²) in [5.41, 5.74) is 4.07. The fraction of sp³-hybridized carbons (Fsp3) is 0.188. The average Bonchev–Trinajstić information content (AvgIpc) is 2.74. The lowest BCUT2D eigenvalue weighted by atomic mass is 10.2. The Balaban J connectivity index is 2.14. The van der Waals surface area contributed by atoms with E-state index in [1.807, 2.05) is 30.7 Å². The van der Waals surface area contributed by atoms with E-state index in [2.05, 4.69) is 11.1 Å². The molecule has 108 valence electrons. The highest BCUT2D eigenvalue weighted by Crippen LogP contribution is 2.25. The summed E-state index contributed by atoms with van der Waals surface area (Å²) in [6, 6.07) is 13.0. The second-order valence-electron chi connectivity index (χ2n) is 5.28. The molecule has 0 bridgehead atoms. The second kappa shape index (κ2) is 4.70. The van der Waals surface area contributed by atoms with Crippen LogP contribution in [0.5, 0.6) is 0 Å². The summed E-state index contributed by atoms with van der Waals surface area (Å²) in [6.07, 6.45) is 1.21. The van der Waals surface area contributed by atoms with Crippen molar-refractivity contribution in [2.24, 2.45) is 7.05 Å². The number of benzene rings is 2. The molecule has 0 spiro atoms. The molecule has 0 amide bonds. The number of imidazole rings is 1. The number of rotatable bonds is 2. The van der Waals surface area contributed by atoms with Gasteiger partial charge in [-0.05, 0) is 48.9 Å². The summed E-state index contributed by atoms with van der Waals surface area (Å²) in [7, 11) is -1.21. The first kappa shape index (κ1) is 13.8. The van der Waals surface area contributed by atoms with Gasteiger partial charge in [-0.25, -0.2) is 13.4 Å². The number of nitrogens with zero attached hydrogens (tertiary/aromatic N) is 2. The molecule has 0 fully saturated rings. The van der Waals surface area contributed by atoms with Gasteiger partial charge in [-0.2, -0.15) is 0 Å². The van der Waals surface area contributed by atoms with Crippen LogP contribution in [0.3, 0.4) is 0 Å². The van der Waals surface area contributed by atoms with E-state index in [1.165, 1.54) is 11.8 Å². The largest absolute Gasteiger partial charge is 0.327 e. The number of hydrogen-bond acceptors (Lipinski definition) is 3. The van der Waals surface area contributed by atoms with Crippen LogP contribution in [0.1, 0.15) is 5.56 Å². The standard InChI is InChI=1S/C16H16N2O2S/c1-11-4-9-15-14(10-11)17-16(18(15)2)12-5-7-13(8-6-12)21(3,19)20/h4-10H,1-3H3. The quantitative estimate of drug-likeness (QED) is 0.731. The molecule has 0 unspecified atom stereocenters. The van der Waals surface area contributed by atoms with Gasteiger partial charge in [0.15, 0.2) is 9.84 Å². The highest BCUT2D eigenvalue weighted by Gasteiger charge is 2.11. The van der Waals surface area contributed by atoms with Gasteiger partial charge in [0, 0.05) is 18.9 Å². The first-order chi connectivity index (χ1) is 9.86. The van der Waals surface area contributed by atoms with Crippen molar-refractivity contribution in [3.05, 3.63) is 48.0 Å². The van der Waals surface area contributed by atoms with Gasteiger partial charge in [0.2, 0.25) is 0 Å². The topological polar surface area (TPSA) is 52.0 Å². The van der Waals surface area contributed by atoms with Crippen molar-refractivity contribution in [1.29, 1.82) is 0 Å². The molecule has 2 aromatic carbocycles. The highest BCUT2D eigenvalue weighted by molar-refractivity contribution is 7.90. The van der Waals surface area contributed by atoms with Crippen molar-refractivity contribution < 1.29 is 8.42 Å². The van der Waals surface area contributed by atoms with Crippen LogP contribution in [0.15, 0.2) is 47.4 Å². The second-order valence-corrected chi connectivity index (χ2v) is 7.30. The van der Waals surface area contributed by atoms with Gasteiger partial charge >= 0.3 is 0 Å². The van der Waals surface area contributed by atoms with Gasteiger partial charge in [0.05, 0.1) is 15.9 Å². The third kappa shape index (κ3) is 2.45. The van der Waals surface area contributed by atoms with Crippen molar-refractivity contribution >= 4 is 20.9 Å². The first-order valence-corrected chi connectivity index (χ1v) is 8.49. The van der Waals surface area contributed by atoms with E-state index in [4.69, 9.17) is 0 Å². The van der Waals surface area contributed by atoms with Crippen LogP contribution in [0.25, 0.3) is 22.4 Å². The molecular weight excluding hydrogens is 284 g/mol. The Bertz CT molecular complexity index is 923. The molecule has 0 saturated carbocycles. The Kier molecular flexibility index (Phi) is 3.10. The fourth-order valence-electron chi connectivity index (χ4n) is 2.42. The lowest BCUT2D eigenvalue weighted by Gasteiger charge is -2.04. The van der Waals surface area contributed by atoms with E-state index in [0.717, 1.165) is 22.4 Å². The van der Waals surface area contributed by atoms with Crippen molar-refractivity contribution in [3.8, 4) is 11.4 Å². The lowest BCUT2D eigenvalue weighted by Crippen LogP contribution is -1.97. The molecule has 0 saturated heterocycles. The van der Waals surface area contributed by atoms with Crippen molar-refractivity contribution in [2.45, 2.75) is 11.8 Å². The van der Waals surface area contributed by atoms with Crippen LogP contribution in [0, 0.1) is 6.92 Å². The van der Waals surface area contributed by atoms with Crippen molar-refractivity contribution in [2.75, 3.05) is 6.26 Å². The van der Waals surface area contributed by atoms with E-state index < -0.39 is 9.84 Å². The maximum absolute atomic E-state index is 11.5. The first-order valence-electron chi connectivity index (χ1n) is 6.60. The van der Waals surface area contributed by atoms with E-state index in [9.17, 15) is 8.42 Å². The predicted octanol–water partition coefficient (Wildman–Crippen LogP) is 2.95. The molecule has 4 nitrogen and oxygen atoms in total. The van der Waals surface area contributed by atoms with Crippen LogP contribution in [-0.4, -0.2) is 24.2 Å². The monoisotopic (exact) mass is 300 g/mol.